The maximum Gasteiger partial charge on any atom is 0.344 e. The highest BCUT2D eigenvalue weighted by Gasteiger charge is 2.09. The second-order valence-corrected chi connectivity index (χ2v) is 1.72. The molecule has 4 nitrogen and oxygen atoms in total. The van der Waals surface area contributed by atoms with Crippen molar-refractivity contribution in [2.45, 2.75) is 13.8 Å². The van der Waals surface area contributed by atoms with Gasteiger partial charge >= 0.3 is 5.70 Å². The van der Waals surface area contributed by atoms with Crippen LogP contribution in [-0.4, -0.2) is 4.92 Å². The summed E-state index contributed by atoms with van der Waals surface area (Å²) in [5.41, 5.74) is 0.0671. The predicted octanol–water partition coefficient (Wildman–Crippen LogP) is 1.08. The minimum Gasteiger partial charge on any atom is -0.258 e. The predicted molar refractivity (Wildman–Crippen MR) is 31.0 cm³/mol. The van der Waals surface area contributed by atoms with Crippen LogP contribution in [0, 0.1) is 21.4 Å². The van der Waals surface area contributed by atoms with Gasteiger partial charge in [0.05, 0.1) is 4.92 Å². The minimum absolute atomic E-state index is 0.366. The van der Waals surface area contributed by atoms with Gasteiger partial charge in [-0.05, 0) is 13.8 Å². The fraction of sp³-hybridized carbons (Fsp3) is 0.400. The molecule has 9 heavy (non-hydrogen) atoms. The molecule has 0 unspecified atom stereocenters. The van der Waals surface area contributed by atoms with E-state index in [0.29, 0.717) is 5.57 Å². The lowest BCUT2D eigenvalue weighted by molar-refractivity contribution is -0.418. The van der Waals surface area contributed by atoms with Gasteiger partial charge in [0.15, 0.2) is 6.07 Å². The summed E-state index contributed by atoms with van der Waals surface area (Å²) in [5, 5.41) is 18.0. The third kappa shape index (κ3) is 1.91. The summed E-state index contributed by atoms with van der Waals surface area (Å²) in [5.74, 6) is 0. The molecule has 0 aliphatic heterocycles. The highest BCUT2D eigenvalue weighted by Crippen LogP contribution is 2.00. The smallest absolute Gasteiger partial charge is 0.258 e. The lowest BCUT2D eigenvalue weighted by atomic mass is 10.3. The van der Waals surface area contributed by atoms with E-state index in [9.17, 15) is 10.1 Å². The van der Waals surface area contributed by atoms with E-state index in [2.05, 4.69) is 0 Å². The number of rotatable bonds is 1. The van der Waals surface area contributed by atoms with E-state index in [1.54, 1.807) is 0 Å². The van der Waals surface area contributed by atoms with Crippen LogP contribution in [0.15, 0.2) is 11.3 Å². The van der Waals surface area contributed by atoms with Crippen LogP contribution >= 0.6 is 0 Å². The molecule has 0 saturated heterocycles. The molecule has 0 amide bonds. The third-order valence-corrected chi connectivity index (χ3v) is 0.762. The number of hydrogen-bond donors (Lipinski definition) is 0. The zero-order valence-electron chi connectivity index (χ0n) is 5.21. The highest BCUT2D eigenvalue weighted by atomic mass is 16.6. The van der Waals surface area contributed by atoms with E-state index < -0.39 is 4.92 Å². The molecule has 48 valence electrons. The summed E-state index contributed by atoms with van der Waals surface area (Å²) < 4.78 is 0. The van der Waals surface area contributed by atoms with Crippen LogP contribution in [0.5, 0.6) is 0 Å². The zero-order chi connectivity index (χ0) is 7.44. The average Bonchev–Trinajstić information content (AvgIpc) is 1.64. The van der Waals surface area contributed by atoms with Crippen LogP contribution in [0.1, 0.15) is 13.8 Å². The number of allylic oxidation sites excluding steroid dienone is 2. The summed E-state index contributed by atoms with van der Waals surface area (Å²) in [6.07, 6.45) is 0. The van der Waals surface area contributed by atoms with Gasteiger partial charge in [-0.2, -0.15) is 5.26 Å². The molecule has 0 atom stereocenters. The maximum absolute atomic E-state index is 9.90. The summed E-state index contributed by atoms with van der Waals surface area (Å²) in [4.78, 5) is 9.21. The van der Waals surface area contributed by atoms with E-state index in [4.69, 9.17) is 5.26 Å². The van der Waals surface area contributed by atoms with Crippen molar-refractivity contribution in [1.82, 2.24) is 0 Å². The molecule has 0 radical (unpaired) electrons. The second kappa shape index (κ2) is 2.82. The average molecular weight is 126 g/mol. The molecule has 0 aromatic carbocycles. The van der Waals surface area contributed by atoms with Crippen LogP contribution < -0.4 is 0 Å². The van der Waals surface area contributed by atoms with Crippen molar-refractivity contribution in [3.8, 4) is 6.07 Å². The van der Waals surface area contributed by atoms with Gasteiger partial charge in [-0.1, -0.05) is 0 Å². The Morgan fingerprint density at radius 2 is 2.11 bits per heavy atom. The molecular weight excluding hydrogens is 120 g/mol. The van der Waals surface area contributed by atoms with Gasteiger partial charge in [0.25, 0.3) is 0 Å². The number of nitriles is 1. The van der Waals surface area contributed by atoms with Gasteiger partial charge in [0.2, 0.25) is 0 Å². The van der Waals surface area contributed by atoms with Gasteiger partial charge in [0.1, 0.15) is 0 Å². The Kier molecular flexibility index (Phi) is 2.39. The maximum atomic E-state index is 9.90. The molecule has 0 N–H and O–H groups in total. The lowest BCUT2D eigenvalue weighted by Gasteiger charge is -1.86. The van der Waals surface area contributed by atoms with Crippen molar-refractivity contribution in [3.05, 3.63) is 21.4 Å². The van der Waals surface area contributed by atoms with Gasteiger partial charge in [-0.15, -0.1) is 0 Å². The topological polar surface area (TPSA) is 66.9 Å². The Morgan fingerprint density at radius 3 is 2.11 bits per heavy atom. The molecule has 0 rings (SSSR count). The Labute approximate surface area is 52.6 Å². The van der Waals surface area contributed by atoms with Crippen molar-refractivity contribution in [2.24, 2.45) is 0 Å². The molecule has 0 aliphatic carbocycles. The molecule has 0 heterocycles. The van der Waals surface area contributed by atoms with Gasteiger partial charge in [-0.3, -0.25) is 10.1 Å². The van der Waals surface area contributed by atoms with Crippen molar-refractivity contribution in [1.29, 1.82) is 5.26 Å². The molecule has 0 aliphatic rings. The fourth-order valence-corrected chi connectivity index (χ4v) is 0.335. The van der Waals surface area contributed by atoms with E-state index in [-0.39, 0.29) is 5.70 Å². The van der Waals surface area contributed by atoms with Crippen LogP contribution in [0.3, 0.4) is 0 Å². The molecule has 0 saturated carbocycles. The largest absolute Gasteiger partial charge is 0.344 e. The number of nitrogens with zero attached hydrogens (tertiary/aromatic N) is 2. The van der Waals surface area contributed by atoms with Crippen LogP contribution in [-0.2, 0) is 0 Å². The molecule has 0 bridgehead atoms. The molecule has 4 heteroatoms. The second-order valence-electron chi connectivity index (χ2n) is 1.72. The summed E-state index contributed by atoms with van der Waals surface area (Å²) >= 11 is 0. The minimum atomic E-state index is -0.685. The molecule has 0 aromatic rings. The Hall–Kier alpha value is -1.37. The Morgan fingerprint density at radius 1 is 1.67 bits per heavy atom. The third-order valence-electron chi connectivity index (χ3n) is 0.762. The van der Waals surface area contributed by atoms with E-state index >= 15 is 0 Å². The summed E-state index contributed by atoms with van der Waals surface area (Å²) in [6.45, 7) is 3.06. The molecule has 0 aromatic heterocycles. The first-order valence-electron chi connectivity index (χ1n) is 2.31. The summed E-state index contributed by atoms with van der Waals surface area (Å²) in [7, 11) is 0. The first kappa shape index (κ1) is 7.63. The molecule has 0 spiro atoms. The van der Waals surface area contributed by atoms with Crippen LogP contribution in [0.2, 0.25) is 0 Å². The molecule has 0 fully saturated rings. The van der Waals surface area contributed by atoms with Crippen LogP contribution in [0.4, 0.5) is 0 Å². The van der Waals surface area contributed by atoms with E-state index in [1.165, 1.54) is 19.9 Å². The lowest BCUT2D eigenvalue weighted by Crippen LogP contribution is -1.97. The van der Waals surface area contributed by atoms with Crippen molar-refractivity contribution in [2.75, 3.05) is 0 Å². The van der Waals surface area contributed by atoms with Gasteiger partial charge < -0.3 is 0 Å². The standard InChI is InChI=1S/C5H6N2O2/c1-4(2)5(3-6)7(8)9/h1-2H3. The quantitative estimate of drug-likeness (QED) is 0.300. The molecular formula is C5H6N2O2. The van der Waals surface area contributed by atoms with E-state index in [0.717, 1.165) is 0 Å². The Bertz CT molecular complexity index is 195. The van der Waals surface area contributed by atoms with Crippen LogP contribution in [0.25, 0.3) is 0 Å². The van der Waals surface area contributed by atoms with Gasteiger partial charge in [-0.25, -0.2) is 0 Å². The zero-order valence-corrected chi connectivity index (χ0v) is 5.21. The number of nitro groups is 1. The Balaban J connectivity index is 4.62. The van der Waals surface area contributed by atoms with Crippen molar-refractivity contribution in [3.63, 3.8) is 0 Å². The normalized spacial score (nSPS) is 7.67. The van der Waals surface area contributed by atoms with Crippen molar-refractivity contribution < 1.29 is 4.92 Å². The van der Waals surface area contributed by atoms with E-state index in [1.807, 2.05) is 0 Å². The van der Waals surface area contributed by atoms with Gasteiger partial charge in [0, 0.05) is 5.57 Å². The first-order valence-corrected chi connectivity index (χ1v) is 2.31. The fourth-order valence-electron chi connectivity index (χ4n) is 0.335. The SMILES string of the molecule is CC(C)=C(C#N)[N+](=O)[O-]. The first-order chi connectivity index (χ1) is 4.09. The van der Waals surface area contributed by atoms with Crippen molar-refractivity contribution >= 4 is 0 Å². The number of hydrogen-bond acceptors (Lipinski definition) is 3. The highest BCUT2D eigenvalue weighted by molar-refractivity contribution is 5.17. The monoisotopic (exact) mass is 126 g/mol. The summed E-state index contributed by atoms with van der Waals surface area (Å²) in [6, 6.07) is 1.48.